The second-order valence-electron chi connectivity index (χ2n) is 6.22. The minimum absolute atomic E-state index is 0.0551. The maximum absolute atomic E-state index is 12.3. The number of methoxy groups -OCH3 is 1. The van der Waals surface area contributed by atoms with Crippen LogP contribution in [0.3, 0.4) is 0 Å². The van der Waals surface area contributed by atoms with E-state index in [1.165, 1.54) is 38.1 Å². The molecule has 0 aliphatic carbocycles. The van der Waals surface area contributed by atoms with Gasteiger partial charge in [0.2, 0.25) is 0 Å². The van der Waals surface area contributed by atoms with Crippen LogP contribution in [0.2, 0.25) is 0 Å². The van der Waals surface area contributed by atoms with Crippen molar-refractivity contribution in [2.24, 2.45) is 0 Å². The normalized spacial score (nSPS) is 14.7. The van der Waals surface area contributed by atoms with Crippen molar-refractivity contribution in [3.8, 4) is 11.5 Å². The first kappa shape index (κ1) is 17.1. The van der Waals surface area contributed by atoms with Crippen molar-refractivity contribution in [3.63, 3.8) is 0 Å². The fourth-order valence-corrected chi connectivity index (χ4v) is 3.07. The van der Waals surface area contributed by atoms with E-state index in [1.807, 2.05) is 24.3 Å². The summed E-state index contributed by atoms with van der Waals surface area (Å²) in [6.07, 6.45) is 6.99. The highest BCUT2D eigenvalue weighted by Crippen LogP contribution is 2.27. The van der Waals surface area contributed by atoms with Gasteiger partial charge in [-0.2, -0.15) is 0 Å². The molecule has 0 saturated carbocycles. The van der Waals surface area contributed by atoms with Crippen LogP contribution in [0.25, 0.3) is 6.08 Å². The molecule has 4 nitrogen and oxygen atoms in total. The van der Waals surface area contributed by atoms with Crippen molar-refractivity contribution in [2.45, 2.75) is 19.3 Å². The van der Waals surface area contributed by atoms with Crippen LogP contribution in [0.4, 0.5) is 5.69 Å². The van der Waals surface area contributed by atoms with Crippen molar-refractivity contribution in [2.75, 3.05) is 25.1 Å². The first-order chi connectivity index (χ1) is 12.2. The second kappa shape index (κ2) is 7.88. The highest BCUT2D eigenvalue weighted by Gasteiger charge is 2.11. The van der Waals surface area contributed by atoms with E-state index in [1.54, 1.807) is 24.3 Å². The number of allylic oxidation sites excluding steroid dienone is 1. The van der Waals surface area contributed by atoms with E-state index in [-0.39, 0.29) is 11.5 Å². The molecule has 0 spiro atoms. The zero-order valence-electron chi connectivity index (χ0n) is 14.4. The van der Waals surface area contributed by atoms with Crippen molar-refractivity contribution in [3.05, 3.63) is 59.7 Å². The Labute approximate surface area is 148 Å². The fourth-order valence-electron chi connectivity index (χ4n) is 3.07. The molecule has 1 N–H and O–H groups in total. The molecule has 2 aromatic rings. The predicted octanol–water partition coefficient (Wildman–Crippen LogP) is 4.29. The highest BCUT2D eigenvalue weighted by molar-refractivity contribution is 6.07. The first-order valence-corrected chi connectivity index (χ1v) is 8.62. The molecule has 1 aliphatic rings. The molecule has 0 unspecified atom stereocenters. The van der Waals surface area contributed by atoms with E-state index in [4.69, 9.17) is 4.74 Å². The molecule has 0 radical (unpaired) electrons. The van der Waals surface area contributed by atoms with Gasteiger partial charge in [0.25, 0.3) is 0 Å². The molecule has 1 saturated heterocycles. The van der Waals surface area contributed by atoms with Gasteiger partial charge in [0.05, 0.1) is 7.11 Å². The lowest BCUT2D eigenvalue weighted by atomic mass is 10.1. The Morgan fingerprint density at radius 3 is 2.44 bits per heavy atom. The van der Waals surface area contributed by atoms with Crippen molar-refractivity contribution < 1.29 is 14.6 Å². The first-order valence-electron chi connectivity index (χ1n) is 8.62. The van der Waals surface area contributed by atoms with Crippen molar-refractivity contribution in [1.82, 2.24) is 0 Å². The lowest BCUT2D eigenvalue weighted by Crippen LogP contribution is -2.29. The van der Waals surface area contributed by atoms with Gasteiger partial charge >= 0.3 is 0 Å². The van der Waals surface area contributed by atoms with Gasteiger partial charge in [-0.3, -0.25) is 4.79 Å². The third kappa shape index (κ3) is 4.21. The molecule has 3 rings (SSSR count). The average Bonchev–Trinajstić information content (AvgIpc) is 2.67. The molecule has 25 heavy (non-hydrogen) atoms. The Hall–Kier alpha value is -2.75. The smallest absolute Gasteiger partial charge is 0.185 e. The quantitative estimate of drug-likeness (QED) is 0.653. The largest absolute Gasteiger partial charge is 0.504 e. The van der Waals surface area contributed by atoms with E-state index in [0.29, 0.717) is 11.3 Å². The minimum Gasteiger partial charge on any atom is -0.504 e. The molecule has 0 aromatic heterocycles. The van der Waals surface area contributed by atoms with Crippen LogP contribution in [0.15, 0.2) is 48.5 Å². The number of phenols is 1. The number of anilines is 1. The summed E-state index contributed by atoms with van der Waals surface area (Å²) in [6.45, 7) is 2.18. The number of ether oxygens (including phenoxy) is 1. The molecule has 1 aliphatic heterocycles. The molecule has 0 amide bonds. The van der Waals surface area contributed by atoms with Crippen LogP contribution >= 0.6 is 0 Å². The van der Waals surface area contributed by atoms with E-state index in [9.17, 15) is 9.90 Å². The van der Waals surface area contributed by atoms with Gasteiger partial charge < -0.3 is 14.7 Å². The number of benzene rings is 2. The molecule has 130 valence electrons. The average molecular weight is 337 g/mol. The summed E-state index contributed by atoms with van der Waals surface area (Å²) in [5.74, 6) is 0.417. The molecule has 1 heterocycles. The lowest BCUT2D eigenvalue weighted by Gasteiger charge is -2.28. The number of ketones is 1. The van der Waals surface area contributed by atoms with Gasteiger partial charge in [-0.1, -0.05) is 12.1 Å². The Morgan fingerprint density at radius 2 is 1.80 bits per heavy atom. The van der Waals surface area contributed by atoms with Gasteiger partial charge in [0, 0.05) is 24.3 Å². The van der Waals surface area contributed by atoms with Crippen LogP contribution in [-0.4, -0.2) is 31.1 Å². The number of nitrogens with zero attached hydrogens (tertiary/aromatic N) is 1. The molecule has 1 fully saturated rings. The summed E-state index contributed by atoms with van der Waals surface area (Å²) in [5.41, 5.74) is 2.59. The highest BCUT2D eigenvalue weighted by atomic mass is 16.5. The number of hydrogen-bond donors (Lipinski definition) is 1. The second-order valence-corrected chi connectivity index (χ2v) is 6.22. The summed E-state index contributed by atoms with van der Waals surface area (Å²) in [4.78, 5) is 14.7. The number of phenolic OH excluding ortho intramolecular Hbond substituents is 1. The van der Waals surface area contributed by atoms with Gasteiger partial charge in [-0.05, 0) is 67.3 Å². The summed E-state index contributed by atoms with van der Waals surface area (Å²) in [5, 5.41) is 9.78. The number of carbonyl (C=O) groups is 1. The zero-order valence-corrected chi connectivity index (χ0v) is 14.4. The summed E-state index contributed by atoms with van der Waals surface area (Å²) in [7, 11) is 1.50. The van der Waals surface area contributed by atoms with Gasteiger partial charge in [0.15, 0.2) is 17.3 Å². The summed E-state index contributed by atoms with van der Waals surface area (Å²) < 4.78 is 5.01. The molecule has 0 bridgehead atoms. The molecule has 4 heteroatoms. The van der Waals surface area contributed by atoms with Crippen LogP contribution < -0.4 is 9.64 Å². The number of rotatable bonds is 5. The lowest BCUT2D eigenvalue weighted by molar-refractivity contribution is 0.104. The Morgan fingerprint density at radius 1 is 1.08 bits per heavy atom. The summed E-state index contributed by atoms with van der Waals surface area (Å²) in [6, 6.07) is 12.8. The molecule has 2 aromatic carbocycles. The van der Waals surface area contributed by atoms with Crippen LogP contribution in [-0.2, 0) is 0 Å². The molecule has 0 atom stereocenters. The van der Waals surface area contributed by atoms with Gasteiger partial charge in [-0.25, -0.2) is 0 Å². The third-order valence-corrected chi connectivity index (χ3v) is 4.50. The number of aromatic hydroxyl groups is 1. The topological polar surface area (TPSA) is 49.8 Å². The Balaban J connectivity index is 1.67. The van der Waals surface area contributed by atoms with Gasteiger partial charge in [0.1, 0.15) is 0 Å². The van der Waals surface area contributed by atoms with E-state index < -0.39 is 0 Å². The predicted molar refractivity (Wildman–Crippen MR) is 101 cm³/mol. The van der Waals surface area contributed by atoms with Crippen LogP contribution in [0.1, 0.15) is 35.2 Å². The number of carbonyl (C=O) groups excluding carboxylic acids is 1. The van der Waals surface area contributed by atoms with Crippen LogP contribution in [0, 0.1) is 0 Å². The van der Waals surface area contributed by atoms with Crippen molar-refractivity contribution in [1.29, 1.82) is 0 Å². The maximum Gasteiger partial charge on any atom is 0.185 e. The number of piperidine rings is 1. The monoisotopic (exact) mass is 337 g/mol. The van der Waals surface area contributed by atoms with E-state index in [0.717, 1.165) is 18.7 Å². The SMILES string of the molecule is COc1ccc(/C=C/C(=O)c2ccc(N3CCCCC3)cc2)cc1O. The zero-order chi connectivity index (χ0) is 17.6. The van der Waals surface area contributed by atoms with Gasteiger partial charge in [-0.15, -0.1) is 0 Å². The Kier molecular flexibility index (Phi) is 5.39. The minimum atomic E-state index is -0.0551. The number of hydrogen-bond acceptors (Lipinski definition) is 4. The Bertz CT molecular complexity index is 759. The molecular weight excluding hydrogens is 314 g/mol. The van der Waals surface area contributed by atoms with Crippen molar-refractivity contribution >= 4 is 17.5 Å². The van der Waals surface area contributed by atoms with E-state index in [2.05, 4.69) is 4.90 Å². The van der Waals surface area contributed by atoms with Crippen LogP contribution in [0.5, 0.6) is 11.5 Å². The summed E-state index contributed by atoms with van der Waals surface area (Å²) >= 11 is 0. The maximum atomic E-state index is 12.3. The fraction of sp³-hybridized carbons (Fsp3) is 0.286. The van der Waals surface area contributed by atoms with E-state index >= 15 is 0 Å². The third-order valence-electron chi connectivity index (χ3n) is 4.50. The standard InChI is InChI=1S/C21H23NO3/c1-25-21-12-6-16(15-20(21)24)5-11-19(23)17-7-9-18(10-8-17)22-13-3-2-4-14-22/h5-12,15,24H,2-4,13-14H2,1H3/b11-5+. The molecular formula is C21H23NO3.